The minimum Gasteiger partial charge on any atom is -0.206 e. The van der Waals surface area contributed by atoms with Gasteiger partial charge in [-0.05, 0) is 45.9 Å². The van der Waals surface area contributed by atoms with Crippen LogP contribution in [0.25, 0.3) is 0 Å². The van der Waals surface area contributed by atoms with Crippen LogP contribution < -0.4 is 0 Å². The first-order valence-corrected chi connectivity index (χ1v) is 9.30. The van der Waals surface area contributed by atoms with Crippen LogP contribution in [0.3, 0.4) is 0 Å². The molecule has 0 amide bonds. The Bertz CT molecular complexity index is 715. The molecule has 2 rings (SSSR count). The molecule has 2 aromatic rings. The molecule has 1 atom stereocenters. The second-order valence-corrected chi connectivity index (χ2v) is 8.65. The van der Waals surface area contributed by atoms with E-state index >= 15 is 0 Å². The fourth-order valence-corrected chi connectivity index (χ4v) is 5.93. The molecule has 1 aromatic carbocycles. The maximum atomic E-state index is 12.6. The van der Waals surface area contributed by atoms with Crippen molar-refractivity contribution >= 4 is 48.9 Å². The van der Waals surface area contributed by atoms with Gasteiger partial charge in [-0.15, -0.1) is 11.3 Å². The lowest BCUT2D eigenvalue weighted by atomic mass is 10.1. The molecular formula is C13H13BrClNO2S2. The molecule has 1 unspecified atom stereocenters. The largest absolute Gasteiger partial charge is 0.253 e. The topological polar surface area (TPSA) is 37.4 Å². The molecule has 1 heterocycles. The maximum Gasteiger partial charge on any atom is 0.253 e. The molecule has 0 spiro atoms. The third-order valence-corrected chi connectivity index (χ3v) is 8.02. The summed E-state index contributed by atoms with van der Waals surface area (Å²) in [6.07, 6.45) is 0. The fraction of sp³-hybridized carbons (Fsp3) is 0.231. The predicted octanol–water partition coefficient (Wildman–Crippen LogP) is 4.55. The van der Waals surface area contributed by atoms with Crippen LogP contribution in [-0.2, 0) is 10.0 Å². The van der Waals surface area contributed by atoms with Gasteiger partial charge >= 0.3 is 0 Å². The van der Waals surface area contributed by atoms with E-state index in [4.69, 9.17) is 11.6 Å². The molecule has 0 fully saturated rings. The summed E-state index contributed by atoms with van der Waals surface area (Å²) >= 11 is 10.6. The Morgan fingerprint density at radius 1 is 1.30 bits per heavy atom. The Hall–Kier alpha value is -0.400. The van der Waals surface area contributed by atoms with Crippen LogP contribution >= 0.6 is 38.9 Å². The Morgan fingerprint density at radius 2 is 1.95 bits per heavy atom. The van der Waals surface area contributed by atoms with E-state index in [0.717, 1.165) is 5.56 Å². The summed E-state index contributed by atoms with van der Waals surface area (Å²) in [5.74, 6) is 0. The lowest BCUT2D eigenvalue weighted by Gasteiger charge is -2.25. The first kappa shape index (κ1) is 16.0. The predicted molar refractivity (Wildman–Crippen MR) is 86.8 cm³/mol. The monoisotopic (exact) mass is 393 g/mol. The highest BCUT2D eigenvalue weighted by molar-refractivity contribution is 9.10. The van der Waals surface area contributed by atoms with Crippen LogP contribution in [0.2, 0.25) is 5.02 Å². The normalized spacial score (nSPS) is 13.7. The maximum absolute atomic E-state index is 12.6. The Kier molecular flexibility index (Phi) is 4.92. The zero-order chi connectivity index (χ0) is 14.9. The quantitative estimate of drug-likeness (QED) is 0.763. The van der Waals surface area contributed by atoms with Gasteiger partial charge < -0.3 is 0 Å². The Balaban J connectivity index is 2.39. The number of rotatable bonds is 4. The zero-order valence-corrected chi connectivity index (χ0v) is 14.9. The fourth-order valence-electron chi connectivity index (χ4n) is 1.81. The van der Waals surface area contributed by atoms with Crippen LogP contribution in [0, 0.1) is 0 Å². The van der Waals surface area contributed by atoms with Gasteiger partial charge in [0.05, 0.1) is 0 Å². The summed E-state index contributed by atoms with van der Waals surface area (Å²) in [7, 11) is -1.98. The zero-order valence-electron chi connectivity index (χ0n) is 10.9. The van der Waals surface area contributed by atoms with Crippen molar-refractivity contribution in [3.63, 3.8) is 0 Å². The molecule has 0 N–H and O–H groups in total. The number of halogens is 2. The summed E-state index contributed by atoms with van der Waals surface area (Å²) in [5.41, 5.74) is 0.785. The van der Waals surface area contributed by atoms with Gasteiger partial charge in [0.1, 0.15) is 4.21 Å². The van der Waals surface area contributed by atoms with Gasteiger partial charge in [0, 0.05) is 22.6 Å². The van der Waals surface area contributed by atoms with E-state index in [9.17, 15) is 8.42 Å². The molecule has 0 radical (unpaired) electrons. The second-order valence-electron chi connectivity index (χ2n) is 4.27. The number of sulfonamides is 1. The van der Waals surface area contributed by atoms with E-state index in [-0.39, 0.29) is 6.04 Å². The molecule has 0 aliphatic carbocycles. The molecular weight excluding hydrogens is 382 g/mol. The summed E-state index contributed by atoms with van der Waals surface area (Å²) in [6.45, 7) is 1.82. The number of hydrogen-bond donors (Lipinski definition) is 0. The highest BCUT2D eigenvalue weighted by Crippen LogP contribution is 2.34. The van der Waals surface area contributed by atoms with Crippen LogP contribution in [0.1, 0.15) is 18.5 Å². The molecule has 1 aromatic heterocycles. The molecule has 20 heavy (non-hydrogen) atoms. The van der Waals surface area contributed by atoms with E-state index in [1.54, 1.807) is 24.6 Å². The summed E-state index contributed by atoms with van der Waals surface area (Å²) in [4.78, 5) is 0. The standard InChI is InChI=1S/C13H13BrClNO2S2/c1-9(10-5-3-4-6-12(10)15)16(2)20(17,18)13-11(14)7-8-19-13/h3-9H,1-2H3. The third-order valence-electron chi connectivity index (χ3n) is 3.10. The molecule has 3 nitrogen and oxygen atoms in total. The van der Waals surface area contributed by atoms with Gasteiger partial charge in [0.2, 0.25) is 0 Å². The van der Waals surface area contributed by atoms with E-state index in [1.807, 2.05) is 25.1 Å². The second kappa shape index (κ2) is 6.15. The summed E-state index contributed by atoms with van der Waals surface area (Å²) < 4.78 is 27.4. The molecule has 0 saturated heterocycles. The molecule has 108 valence electrons. The first-order valence-electron chi connectivity index (χ1n) is 5.81. The Labute approximate surface area is 136 Å². The lowest BCUT2D eigenvalue weighted by molar-refractivity contribution is 0.399. The lowest BCUT2D eigenvalue weighted by Crippen LogP contribution is -2.29. The molecule has 0 aliphatic heterocycles. The van der Waals surface area contributed by atoms with Gasteiger partial charge in [-0.2, -0.15) is 4.31 Å². The van der Waals surface area contributed by atoms with Crippen LogP contribution in [0.15, 0.2) is 44.4 Å². The van der Waals surface area contributed by atoms with Gasteiger partial charge in [-0.1, -0.05) is 29.8 Å². The third kappa shape index (κ3) is 2.94. The van der Waals surface area contributed by atoms with Crippen LogP contribution in [0.5, 0.6) is 0 Å². The molecule has 0 aliphatic rings. The number of thiophene rings is 1. The average Bonchev–Trinajstić information content (AvgIpc) is 2.84. The average molecular weight is 395 g/mol. The molecule has 7 heteroatoms. The highest BCUT2D eigenvalue weighted by atomic mass is 79.9. The molecule has 0 bridgehead atoms. The summed E-state index contributed by atoms with van der Waals surface area (Å²) in [6, 6.07) is 8.65. The van der Waals surface area contributed by atoms with Crippen molar-refractivity contribution < 1.29 is 8.42 Å². The molecule has 0 saturated carbocycles. The highest BCUT2D eigenvalue weighted by Gasteiger charge is 2.29. The summed E-state index contributed by atoms with van der Waals surface area (Å²) in [5, 5.41) is 2.30. The Morgan fingerprint density at radius 3 is 2.50 bits per heavy atom. The van der Waals surface area contributed by atoms with Crippen LogP contribution in [-0.4, -0.2) is 19.8 Å². The van der Waals surface area contributed by atoms with E-state index in [2.05, 4.69) is 15.9 Å². The van der Waals surface area contributed by atoms with Crippen molar-refractivity contribution in [2.24, 2.45) is 0 Å². The van der Waals surface area contributed by atoms with Crippen molar-refractivity contribution in [1.29, 1.82) is 0 Å². The van der Waals surface area contributed by atoms with Gasteiger partial charge in [0.15, 0.2) is 0 Å². The number of nitrogens with zero attached hydrogens (tertiary/aromatic N) is 1. The SMILES string of the molecule is CC(c1ccccc1Cl)N(C)S(=O)(=O)c1sccc1Br. The smallest absolute Gasteiger partial charge is 0.206 e. The van der Waals surface area contributed by atoms with E-state index in [1.165, 1.54) is 15.6 Å². The van der Waals surface area contributed by atoms with Crippen molar-refractivity contribution in [1.82, 2.24) is 4.31 Å². The first-order chi connectivity index (χ1) is 9.35. The van der Waals surface area contributed by atoms with Gasteiger partial charge in [-0.25, -0.2) is 8.42 Å². The minimum absolute atomic E-state index is 0.305. The number of benzene rings is 1. The van der Waals surface area contributed by atoms with Crippen molar-refractivity contribution in [2.45, 2.75) is 17.2 Å². The number of hydrogen-bond acceptors (Lipinski definition) is 3. The minimum atomic E-state index is -3.54. The van der Waals surface area contributed by atoms with Crippen LogP contribution in [0.4, 0.5) is 0 Å². The van der Waals surface area contributed by atoms with Crippen molar-refractivity contribution in [3.05, 3.63) is 50.8 Å². The van der Waals surface area contributed by atoms with E-state index < -0.39 is 10.0 Å². The van der Waals surface area contributed by atoms with Gasteiger partial charge in [0.25, 0.3) is 10.0 Å². The van der Waals surface area contributed by atoms with Gasteiger partial charge in [-0.3, -0.25) is 0 Å². The van der Waals surface area contributed by atoms with Crippen molar-refractivity contribution in [3.8, 4) is 0 Å². The van der Waals surface area contributed by atoms with E-state index in [0.29, 0.717) is 13.7 Å². The van der Waals surface area contributed by atoms with Crippen molar-refractivity contribution in [2.75, 3.05) is 7.05 Å².